The van der Waals surface area contributed by atoms with E-state index in [9.17, 15) is 17.8 Å². The molecule has 5 nitrogen and oxygen atoms in total. The molecule has 0 radical (unpaired) electrons. The van der Waals surface area contributed by atoms with Gasteiger partial charge in [-0.05, 0) is 23.1 Å². The smallest absolute Gasteiger partial charge is 0.744 e. The minimum absolute atomic E-state index is 0. The van der Waals surface area contributed by atoms with E-state index in [1.54, 1.807) is 6.08 Å². The van der Waals surface area contributed by atoms with Crippen LogP contribution in [0, 0.1) is 5.41 Å². The van der Waals surface area contributed by atoms with E-state index in [2.05, 4.69) is 13.2 Å². The fraction of sp³-hybridized carbons (Fsp3) is 0.267. The van der Waals surface area contributed by atoms with E-state index in [0.29, 0.717) is 5.57 Å². The van der Waals surface area contributed by atoms with Crippen molar-refractivity contribution in [3.05, 3.63) is 48.6 Å². The van der Waals surface area contributed by atoms with Gasteiger partial charge in [-0.3, -0.25) is 4.79 Å². The van der Waals surface area contributed by atoms with E-state index in [0.717, 1.165) is 5.56 Å². The molecule has 1 aromatic carbocycles. The van der Waals surface area contributed by atoms with Crippen molar-refractivity contribution in [1.29, 1.82) is 0 Å². The summed E-state index contributed by atoms with van der Waals surface area (Å²) in [7, 11) is -4.31. The van der Waals surface area contributed by atoms with Crippen molar-refractivity contribution in [1.82, 2.24) is 0 Å². The Hall–Kier alpha value is -0.920. The van der Waals surface area contributed by atoms with Crippen molar-refractivity contribution in [3.63, 3.8) is 0 Å². The van der Waals surface area contributed by atoms with Crippen LogP contribution in [0.15, 0.2) is 47.9 Å². The Bertz CT molecular complexity index is 629. The summed E-state index contributed by atoms with van der Waals surface area (Å²) >= 11 is 0. The van der Waals surface area contributed by atoms with E-state index < -0.39 is 16.0 Å². The van der Waals surface area contributed by atoms with Crippen molar-refractivity contribution in [2.45, 2.75) is 25.7 Å². The van der Waals surface area contributed by atoms with Gasteiger partial charge in [0.25, 0.3) is 0 Å². The van der Waals surface area contributed by atoms with Gasteiger partial charge in [-0.25, -0.2) is 8.42 Å². The van der Waals surface area contributed by atoms with Crippen molar-refractivity contribution in [2.24, 2.45) is 11.1 Å². The zero-order chi connectivity index (χ0) is 16.8. The van der Waals surface area contributed by atoms with Crippen molar-refractivity contribution < 1.29 is 47.3 Å². The molecule has 0 aromatic heterocycles. The van der Waals surface area contributed by atoms with E-state index in [-0.39, 0.29) is 39.9 Å². The molecule has 1 amide bonds. The quantitative estimate of drug-likeness (QED) is 0.449. The normalized spacial score (nSPS) is 10.5. The van der Waals surface area contributed by atoms with Crippen LogP contribution < -0.4 is 35.3 Å². The van der Waals surface area contributed by atoms with E-state index >= 15 is 0 Å². The fourth-order valence-electron chi connectivity index (χ4n) is 1.14. The molecule has 0 saturated carbocycles. The molecule has 0 heterocycles. The number of carbonyl (C=O) groups is 1. The van der Waals surface area contributed by atoms with Crippen molar-refractivity contribution in [2.75, 3.05) is 0 Å². The average Bonchev–Trinajstić information content (AvgIpc) is 2.36. The van der Waals surface area contributed by atoms with Gasteiger partial charge < -0.3 is 10.3 Å². The van der Waals surface area contributed by atoms with Crippen molar-refractivity contribution in [3.8, 4) is 0 Å². The summed E-state index contributed by atoms with van der Waals surface area (Å²) in [5, 5.41) is 0. The van der Waals surface area contributed by atoms with Gasteiger partial charge in [-0.2, -0.15) is 0 Å². The molecule has 0 bridgehead atoms. The standard InChI is InChI=1S/C8H8O3S.C7H13NO.Na/c1-2-7-3-5-8(6-4-7)12(9,10)11;1-5(6(8)9)7(2,3)4;/h2-6H,1H2,(H,9,10,11);1H2,2-4H3,(H2,8,9);/q;;+1/p-1. The zero-order valence-corrected chi connectivity index (χ0v) is 16.2. The number of nitrogens with two attached hydrogens (primary N) is 1. The van der Waals surface area contributed by atoms with Crippen LogP contribution in [0.1, 0.15) is 26.3 Å². The second-order valence-electron chi connectivity index (χ2n) is 5.32. The van der Waals surface area contributed by atoms with E-state index in [4.69, 9.17) is 5.73 Å². The summed E-state index contributed by atoms with van der Waals surface area (Å²) in [6.07, 6.45) is 1.57. The fourth-order valence-corrected chi connectivity index (χ4v) is 1.61. The Morgan fingerprint density at radius 2 is 1.64 bits per heavy atom. The first-order chi connectivity index (χ1) is 9.39. The molecule has 0 aliphatic carbocycles. The number of hydrogen-bond acceptors (Lipinski definition) is 4. The van der Waals surface area contributed by atoms with Gasteiger partial charge in [0.2, 0.25) is 5.91 Å². The first-order valence-electron chi connectivity index (χ1n) is 6.07. The predicted molar refractivity (Wildman–Crippen MR) is 82.3 cm³/mol. The molecular weight excluding hydrogens is 313 g/mol. The Morgan fingerprint density at radius 1 is 1.23 bits per heavy atom. The molecule has 7 heteroatoms. The second-order valence-corrected chi connectivity index (χ2v) is 6.70. The summed E-state index contributed by atoms with van der Waals surface area (Å²) in [6.45, 7) is 12.8. The Morgan fingerprint density at radius 3 is 1.82 bits per heavy atom. The van der Waals surface area contributed by atoms with Crippen LogP contribution >= 0.6 is 0 Å². The third-order valence-corrected chi connectivity index (χ3v) is 3.46. The Kier molecular flexibility index (Phi) is 9.84. The molecule has 22 heavy (non-hydrogen) atoms. The third kappa shape index (κ3) is 8.51. The van der Waals surface area contributed by atoms with Gasteiger partial charge in [0.1, 0.15) is 10.1 Å². The van der Waals surface area contributed by atoms with Crippen LogP contribution in [0.2, 0.25) is 0 Å². The number of hydrogen-bond donors (Lipinski definition) is 1. The number of amides is 1. The molecule has 0 aliphatic rings. The topological polar surface area (TPSA) is 100 Å². The van der Waals surface area contributed by atoms with E-state index in [1.165, 1.54) is 24.3 Å². The molecule has 116 valence electrons. The maximum atomic E-state index is 10.5. The van der Waals surface area contributed by atoms with Gasteiger partial charge >= 0.3 is 29.6 Å². The molecule has 0 unspecified atom stereocenters. The zero-order valence-electron chi connectivity index (χ0n) is 13.4. The third-order valence-electron chi connectivity index (χ3n) is 2.61. The van der Waals surface area contributed by atoms with Crippen LogP contribution in [0.3, 0.4) is 0 Å². The number of benzene rings is 1. The minimum atomic E-state index is -4.31. The molecular formula is C15H20NNaO4S. The van der Waals surface area contributed by atoms with E-state index in [1.807, 2.05) is 20.8 Å². The minimum Gasteiger partial charge on any atom is -0.744 e. The summed E-state index contributed by atoms with van der Waals surface area (Å²) in [4.78, 5) is 10.3. The molecule has 0 atom stereocenters. The molecule has 2 N–H and O–H groups in total. The summed E-state index contributed by atoms with van der Waals surface area (Å²) in [6, 6.07) is 5.58. The van der Waals surface area contributed by atoms with Crippen LogP contribution in [-0.4, -0.2) is 18.9 Å². The summed E-state index contributed by atoms with van der Waals surface area (Å²) < 4.78 is 31.4. The van der Waals surface area contributed by atoms with Crippen LogP contribution in [0.4, 0.5) is 0 Å². The first-order valence-corrected chi connectivity index (χ1v) is 7.48. The Labute approximate surface area is 154 Å². The summed E-state index contributed by atoms with van der Waals surface area (Å²) in [5.74, 6) is -0.414. The average molecular weight is 333 g/mol. The largest absolute Gasteiger partial charge is 1.00 e. The number of primary amides is 1. The molecule has 0 aliphatic heterocycles. The SMILES string of the molecule is C=C(C(N)=O)C(C)(C)C.C=Cc1ccc(S(=O)(=O)[O-])cc1.[Na+]. The summed E-state index contributed by atoms with van der Waals surface area (Å²) in [5.41, 5.74) is 6.05. The molecule has 1 rings (SSSR count). The molecule has 0 fully saturated rings. The van der Waals surface area contributed by atoms with Crippen LogP contribution in [0.5, 0.6) is 0 Å². The molecule has 1 aromatic rings. The van der Waals surface area contributed by atoms with Crippen molar-refractivity contribution >= 4 is 22.1 Å². The van der Waals surface area contributed by atoms with Gasteiger partial charge in [0, 0.05) is 5.57 Å². The van der Waals surface area contributed by atoms with Crippen LogP contribution in [-0.2, 0) is 14.9 Å². The molecule has 0 saturated heterocycles. The second kappa shape index (κ2) is 9.27. The first kappa shape index (κ1) is 23.3. The predicted octanol–water partition coefficient (Wildman–Crippen LogP) is -0.688. The van der Waals surface area contributed by atoms with Gasteiger partial charge in [0.05, 0.1) is 4.90 Å². The molecule has 0 spiro atoms. The van der Waals surface area contributed by atoms with Gasteiger partial charge in [-0.1, -0.05) is 52.1 Å². The maximum absolute atomic E-state index is 10.5. The Balaban J connectivity index is 0. The number of carbonyl (C=O) groups excluding carboxylic acids is 1. The van der Waals surface area contributed by atoms with Crippen LogP contribution in [0.25, 0.3) is 6.08 Å². The maximum Gasteiger partial charge on any atom is 1.00 e. The van der Waals surface area contributed by atoms with Gasteiger partial charge in [-0.15, -0.1) is 0 Å². The monoisotopic (exact) mass is 333 g/mol. The van der Waals surface area contributed by atoms with Gasteiger partial charge in [0.15, 0.2) is 0 Å². The number of rotatable bonds is 3.